The molecule has 0 N–H and O–H groups in total. The minimum Gasteiger partial charge on any atom is -0.355 e. The summed E-state index contributed by atoms with van der Waals surface area (Å²) in [4.78, 5) is 26.3. The molecule has 2 aliphatic rings. The quantitative estimate of drug-likeness (QED) is 0.851. The molecule has 5 nitrogen and oxygen atoms in total. The smallest absolute Gasteiger partial charge is 0.225 e. The second-order valence-electron chi connectivity index (χ2n) is 7.16. The SMILES string of the molecule is CCCc1cc(N2CCCN(C(=O)C3CCCC3)CC2)nc(C)n1. The normalized spacial score (nSPS) is 19.6. The van der Waals surface area contributed by atoms with E-state index >= 15 is 0 Å². The van der Waals surface area contributed by atoms with E-state index in [1.807, 2.05) is 6.92 Å². The fraction of sp³-hybridized carbons (Fsp3) is 0.737. The molecule has 0 bridgehead atoms. The van der Waals surface area contributed by atoms with Gasteiger partial charge in [-0.3, -0.25) is 4.79 Å². The number of aryl methyl sites for hydroxylation is 2. The van der Waals surface area contributed by atoms with Crippen LogP contribution in [0.3, 0.4) is 0 Å². The summed E-state index contributed by atoms with van der Waals surface area (Å²) in [6.45, 7) is 7.70. The van der Waals surface area contributed by atoms with Gasteiger partial charge < -0.3 is 9.80 Å². The van der Waals surface area contributed by atoms with Gasteiger partial charge in [0.25, 0.3) is 0 Å². The molecule has 132 valence electrons. The van der Waals surface area contributed by atoms with Gasteiger partial charge in [-0.05, 0) is 32.6 Å². The van der Waals surface area contributed by atoms with Crippen molar-refractivity contribution in [3.8, 4) is 0 Å². The van der Waals surface area contributed by atoms with Crippen LogP contribution in [0.5, 0.6) is 0 Å². The molecule has 0 spiro atoms. The average molecular weight is 330 g/mol. The molecule has 0 unspecified atom stereocenters. The van der Waals surface area contributed by atoms with Crippen LogP contribution in [0.15, 0.2) is 6.07 Å². The number of hydrogen-bond acceptors (Lipinski definition) is 4. The van der Waals surface area contributed by atoms with Gasteiger partial charge in [-0.2, -0.15) is 0 Å². The molecule has 5 heteroatoms. The fourth-order valence-electron chi connectivity index (χ4n) is 3.96. The van der Waals surface area contributed by atoms with Gasteiger partial charge in [-0.1, -0.05) is 26.2 Å². The first-order valence-corrected chi connectivity index (χ1v) is 9.55. The Morgan fingerprint density at radius 1 is 1.12 bits per heavy atom. The van der Waals surface area contributed by atoms with Crippen LogP contribution < -0.4 is 4.90 Å². The van der Waals surface area contributed by atoms with Crippen LogP contribution in [-0.4, -0.2) is 47.0 Å². The third kappa shape index (κ3) is 4.05. The molecule has 1 aromatic heterocycles. The van der Waals surface area contributed by atoms with Crippen molar-refractivity contribution in [1.82, 2.24) is 14.9 Å². The molecule has 0 radical (unpaired) electrons. The molecule has 1 saturated carbocycles. The number of rotatable bonds is 4. The summed E-state index contributed by atoms with van der Waals surface area (Å²) in [5, 5.41) is 0. The summed E-state index contributed by atoms with van der Waals surface area (Å²) in [5.74, 6) is 2.55. The topological polar surface area (TPSA) is 49.3 Å². The maximum absolute atomic E-state index is 12.7. The molecular weight excluding hydrogens is 300 g/mol. The molecule has 2 heterocycles. The monoisotopic (exact) mass is 330 g/mol. The average Bonchev–Trinajstić information content (AvgIpc) is 2.98. The standard InChI is InChI=1S/C19H30N4O/c1-3-7-17-14-18(21-15(2)20-17)22-10-6-11-23(13-12-22)19(24)16-8-4-5-9-16/h14,16H,3-13H2,1-2H3. The molecule has 0 atom stereocenters. The van der Waals surface area contributed by atoms with Crippen LogP contribution >= 0.6 is 0 Å². The van der Waals surface area contributed by atoms with Gasteiger partial charge in [0.15, 0.2) is 0 Å². The molecule has 1 aliphatic carbocycles. The molecule has 1 amide bonds. The lowest BCUT2D eigenvalue weighted by atomic mass is 10.1. The zero-order chi connectivity index (χ0) is 16.9. The van der Waals surface area contributed by atoms with Gasteiger partial charge in [-0.25, -0.2) is 9.97 Å². The molecule has 2 fully saturated rings. The maximum Gasteiger partial charge on any atom is 0.225 e. The van der Waals surface area contributed by atoms with Crippen LogP contribution in [0.4, 0.5) is 5.82 Å². The summed E-state index contributed by atoms with van der Waals surface area (Å²) in [6.07, 6.45) is 7.73. The van der Waals surface area contributed by atoms with E-state index in [-0.39, 0.29) is 5.92 Å². The summed E-state index contributed by atoms with van der Waals surface area (Å²) < 4.78 is 0. The van der Waals surface area contributed by atoms with Crippen LogP contribution in [0.25, 0.3) is 0 Å². The van der Waals surface area contributed by atoms with Crippen molar-refractivity contribution in [2.24, 2.45) is 5.92 Å². The first-order chi connectivity index (χ1) is 11.7. The Bertz CT molecular complexity index is 568. The van der Waals surface area contributed by atoms with E-state index in [2.05, 4.69) is 32.8 Å². The van der Waals surface area contributed by atoms with E-state index < -0.39 is 0 Å². The number of aromatic nitrogens is 2. The van der Waals surface area contributed by atoms with Crippen molar-refractivity contribution in [1.29, 1.82) is 0 Å². The molecule has 1 aliphatic heterocycles. The number of hydrogen-bond donors (Lipinski definition) is 0. The van der Waals surface area contributed by atoms with Gasteiger partial charge in [0.05, 0.1) is 0 Å². The lowest BCUT2D eigenvalue weighted by Crippen LogP contribution is -2.38. The highest BCUT2D eigenvalue weighted by atomic mass is 16.2. The summed E-state index contributed by atoms with van der Waals surface area (Å²) >= 11 is 0. The minimum absolute atomic E-state index is 0.286. The summed E-state index contributed by atoms with van der Waals surface area (Å²) in [7, 11) is 0. The van der Waals surface area contributed by atoms with Crippen molar-refractivity contribution >= 4 is 11.7 Å². The molecule has 24 heavy (non-hydrogen) atoms. The van der Waals surface area contributed by atoms with Crippen LogP contribution in [0, 0.1) is 12.8 Å². The second kappa shape index (κ2) is 7.95. The second-order valence-corrected chi connectivity index (χ2v) is 7.16. The first-order valence-electron chi connectivity index (χ1n) is 9.55. The predicted molar refractivity (Wildman–Crippen MR) is 96.1 cm³/mol. The van der Waals surface area contributed by atoms with Gasteiger partial charge in [-0.15, -0.1) is 0 Å². The van der Waals surface area contributed by atoms with Crippen LogP contribution in [-0.2, 0) is 11.2 Å². The van der Waals surface area contributed by atoms with Crippen molar-refractivity contribution in [3.05, 3.63) is 17.6 Å². The Hall–Kier alpha value is -1.65. The largest absolute Gasteiger partial charge is 0.355 e. The highest BCUT2D eigenvalue weighted by Crippen LogP contribution is 2.27. The lowest BCUT2D eigenvalue weighted by molar-refractivity contribution is -0.135. The first kappa shape index (κ1) is 17.2. The van der Waals surface area contributed by atoms with Gasteiger partial charge in [0.2, 0.25) is 5.91 Å². The van der Waals surface area contributed by atoms with Gasteiger partial charge >= 0.3 is 0 Å². The Balaban J connectivity index is 1.65. The highest BCUT2D eigenvalue weighted by Gasteiger charge is 2.28. The maximum atomic E-state index is 12.7. The minimum atomic E-state index is 0.286. The fourth-order valence-corrected chi connectivity index (χ4v) is 3.96. The van der Waals surface area contributed by atoms with Gasteiger partial charge in [0, 0.05) is 43.9 Å². The highest BCUT2D eigenvalue weighted by molar-refractivity contribution is 5.79. The van der Waals surface area contributed by atoms with E-state index in [0.29, 0.717) is 5.91 Å². The third-order valence-electron chi connectivity index (χ3n) is 5.22. The number of carbonyl (C=O) groups is 1. The Morgan fingerprint density at radius 2 is 1.92 bits per heavy atom. The lowest BCUT2D eigenvalue weighted by Gasteiger charge is -2.25. The van der Waals surface area contributed by atoms with Crippen molar-refractivity contribution in [3.63, 3.8) is 0 Å². The van der Waals surface area contributed by atoms with E-state index in [1.165, 1.54) is 12.8 Å². The van der Waals surface area contributed by atoms with E-state index in [0.717, 1.165) is 75.6 Å². The van der Waals surface area contributed by atoms with Gasteiger partial charge in [0.1, 0.15) is 11.6 Å². The summed E-state index contributed by atoms with van der Waals surface area (Å²) in [5.41, 5.74) is 1.13. The number of anilines is 1. The third-order valence-corrected chi connectivity index (χ3v) is 5.22. The van der Waals surface area contributed by atoms with Crippen molar-refractivity contribution < 1.29 is 4.79 Å². The molecular formula is C19H30N4O. The van der Waals surface area contributed by atoms with E-state index in [9.17, 15) is 4.79 Å². The molecule has 0 aromatic carbocycles. The molecule has 3 rings (SSSR count). The predicted octanol–water partition coefficient (Wildman–Crippen LogP) is 2.97. The Kier molecular flexibility index (Phi) is 5.69. The zero-order valence-electron chi connectivity index (χ0n) is 15.1. The van der Waals surface area contributed by atoms with E-state index in [4.69, 9.17) is 0 Å². The Labute approximate surface area is 145 Å². The van der Waals surface area contributed by atoms with Crippen molar-refractivity contribution in [2.45, 2.75) is 58.8 Å². The molecule has 1 aromatic rings. The number of amides is 1. The van der Waals surface area contributed by atoms with Crippen molar-refractivity contribution in [2.75, 3.05) is 31.1 Å². The number of carbonyl (C=O) groups excluding carboxylic acids is 1. The van der Waals surface area contributed by atoms with Crippen LogP contribution in [0.1, 0.15) is 57.0 Å². The molecule has 1 saturated heterocycles. The Morgan fingerprint density at radius 3 is 2.67 bits per heavy atom. The van der Waals surface area contributed by atoms with E-state index in [1.54, 1.807) is 0 Å². The van der Waals surface area contributed by atoms with Crippen LogP contribution in [0.2, 0.25) is 0 Å². The number of nitrogens with zero attached hydrogens (tertiary/aromatic N) is 4. The zero-order valence-corrected chi connectivity index (χ0v) is 15.1. The summed E-state index contributed by atoms with van der Waals surface area (Å²) in [6, 6.07) is 2.13.